The van der Waals surface area contributed by atoms with Crippen molar-refractivity contribution in [2.75, 3.05) is 6.61 Å². The predicted molar refractivity (Wildman–Crippen MR) is 59.3 cm³/mol. The Bertz CT molecular complexity index is 600. The molecule has 0 aromatic heterocycles. The van der Waals surface area contributed by atoms with Crippen LogP contribution in [-0.4, -0.2) is 60.9 Å². The van der Waals surface area contributed by atoms with Gasteiger partial charge in [-0.15, -0.1) is 0 Å². The van der Waals surface area contributed by atoms with Crippen LogP contribution in [0.4, 0.5) is 8.78 Å². The number of carbonyl (C=O) groups excluding carboxylic acids is 2. The number of carbonyl (C=O) groups is 2. The summed E-state index contributed by atoms with van der Waals surface area (Å²) in [4.78, 5) is 22.5. The van der Waals surface area contributed by atoms with Crippen molar-refractivity contribution >= 4 is 22.1 Å². The van der Waals surface area contributed by atoms with Gasteiger partial charge in [0.15, 0.2) is 28.1 Å². The van der Waals surface area contributed by atoms with E-state index >= 15 is 0 Å². The Labute approximate surface area is 123 Å². The summed E-state index contributed by atoms with van der Waals surface area (Å²) in [6.07, 6.45) is -3.37. The maximum absolute atomic E-state index is 12.9. The molecule has 2 aliphatic rings. The minimum atomic E-state index is -6.22. The molecule has 0 aliphatic carbocycles. The van der Waals surface area contributed by atoms with Crippen LogP contribution in [0, 0.1) is 0 Å². The zero-order valence-electron chi connectivity index (χ0n) is 11.3. The fourth-order valence-electron chi connectivity index (χ4n) is 2.00. The maximum atomic E-state index is 12.9. The molecule has 0 N–H and O–H groups in total. The van der Waals surface area contributed by atoms with Crippen molar-refractivity contribution in [3.63, 3.8) is 0 Å². The summed E-state index contributed by atoms with van der Waals surface area (Å²) in [5, 5.41) is -5.23. The molecule has 2 fully saturated rings. The fourth-order valence-corrected chi connectivity index (χ4v) is 2.26. The lowest BCUT2D eigenvalue weighted by Crippen LogP contribution is -2.41. The third-order valence-electron chi connectivity index (χ3n) is 2.93. The molecule has 0 amide bonds. The first-order valence-corrected chi connectivity index (χ1v) is 7.32. The highest BCUT2D eigenvalue weighted by molar-refractivity contribution is 7.87. The van der Waals surface area contributed by atoms with Gasteiger partial charge in [0, 0.05) is 0 Å². The number of fused-ring (bicyclic) bond motifs is 1. The van der Waals surface area contributed by atoms with Crippen LogP contribution in [0.3, 0.4) is 0 Å². The number of esters is 2. The van der Waals surface area contributed by atoms with Crippen LogP contribution >= 0.6 is 0 Å². The number of hydrogen-bond donors (Lipinski definition) is 0. The van der Waals surface area contributed by atoms with E-state index in [-0.39, 0.29) is 0 Å². The fraction of sp³-hybridized carbons (Fsp3) is 0.800. The number of alkyl halides is 2. The Kier molecular flexibility index (Phi) is 3.92. The van der Waals surface area contributed by atoms with Crippen molar-refractivity contribution in [3.8, 4) is 0 Å². The predicted octanol–water partition coefficient (Wildman–Crippen LogP) is -0.887. The molecule has 12 heteroatoms. The van der Waals surface area contributed by atoms with E-state index in [0.29, 0.717) is 0 Å². The molecule has 2 aliphatic heterocycles. The molecule has 3 atom stereocenters. The number of ether oxygens (including phenoxy) is 4. The Hall–Kier alpha value is -1.37. The smallest absolute Gasteiger partial charge is 0.428 e. The summed E-state index contributed by atoms with van der Waals surface area (Å²) < 4.78 is 76.0. The molecular weight excluding hydrogens is 334 g/mol. The van der Waals surface area contributed by atoms with Gasteiger partial charge >= 0.3 is 17.2 Å². The van der Waals surface area contributed by atoms with Crippen molar-refractivity contribution in [2.45, 2.75) is 43.2 Å². The highest BCUT2D eigenvalue weighted by Gasteiger charge is 2.57. The van der Waals surface area contributed by atoms with Gasteiger partial charge in [0.25, 0.3) is 0 Å². The number of rotatable bonds is 4. The van der Waals surface area contributed by atoms with E-state index in [1.165, 1.54) is 13.8 Å². The standard InChI is InChI=1S/C10H12F2O9S/c1-9(2)20-5-4(19-7(13)6(5)21-9)3-18-8(14)10(11,12)22(15,16)17/h4-6H,3H2,1-2H3,(H,15,16,17)/p-1. The molecule has 22 heavy (non-hydrogen) atoms. The molecule has 2 rings (SSSR count). The Balaban J connectivity index is 2.01. The van der Waals surface area contributed by atoms with Crippen LogP contribution in [-0.2, 0) is 38.7 Å². The summed E-state index contributed by atoms with van der Waals surface area (Å²) in [5.41, 5.74) is 0. The average molecular weight is 345 g/mol. The van der Waals surface area contributed by atoms with Crippen molar-refractivity contribution in [2.24, 2.45) is 0 Å². The van der Waals surface area contributed by atoms with E-state index in [1.54, 1.807) is 0 Å². The third kappa shape index (κ3) is 2.91. The average Bonchev–Trinajstić information content (AvgIpc) is 2.80. The summed E-state index contributed by atoms with van der Waals surface area (Å²) in [6.45, 7) is 2.09. The summed E-state index contributed by atoms with van der Waals surface area (Å²) in [7, 11) is -6.22. The van der Waals surface area contributed by atoms with Gasteiger partial charge in [-0.2, -0.15) is 8.78 Å². The van der Waals surface area contributed by atoms with Crippen LogP contribution in [0.2, 0.25) is 0 Å². The van der Waals surface area contributed by atoms with Crippen molar-refractivity contribution in [1.29, 1.82) is 0 Å². The third-order valence-corrected chi connectivity index (χ3v) is 3.72. The molecule has 0 radical (unpaired) electrons. The summed E-state index contributed by atoms with van der Waals surface area (Å²) in [6, 6.07) is 0. The lowest BCUT2D eigenvalue weighted by Gasteiger charge is -2.22. The van der Waals surface area contributed by atoms with Crippen LogP contribution in [0.25, 0.3) is 0 Å². The van der Waals surface area contributed by atoms with Gasteiger partial charge in [0.1, 0.15) is 12.7 Å². The highest BCUT2D eigenvalue weighted by atomic mass is 32.2. The minimum Gasteiger partial charge on any atom is -0.743 e. The molecule has 0 bridgehead atoms. The van der Waals surface area contributed by atoms with E-state index < -0.39 is 58.0 Å². The number of cyclic esters (lactones) is 1. The van der Waals surface area contributed by atoms with E-state index in [4.69, 9.17) is 14.2 Å². The second kappa shape index (κ2) is 5.08. The normalized spacial score (nSPS) is 30.8. The quantitative estimate of drug-likeness (QED) is 0.471. The number of hydrogen-bond acceptors (Lipinski definition) is 9. The van der Waals surface area contributed by atoms with Crippen molar-refractivity contribution in [3.05, 3.63) is 0 Å². The molecule has 0 spiro atoms. The molecule has 126 valence electrons. The molecule has 2 saturated heterocycles. The molecule has 9 nitrogen and oxygen atoms in total. The lowest BCUT2D eigenvalue weighted by atomic mass is 10.1. The monoisotopic (exact) mass is 345 g/mol. The van der Waals surface area contributed by atoms with E-state index in [0.717, 1.165) is 0 Å². The van der Waals surface area contributed by atoms with Gasteiger partial charge in [0.05, 0.1) is 0 Å². The van der Waals surface area contributed by atoms with Gasteiger partial charge in [0.2, 0.25) is 0 Å². The second-order valence-corrected chi connectivity index (χ2v) is 6.49. The Morgan fingerprint density at radius 3 is 2.55 bits per heavy atom. The van der Waals surface area contributed by atoms with Crippen LogP contribution in [0.15, 0.2) is 0 Å². The van der Waals surface area contributed by atoms with Crippen LogP contribution in [0.1, 0.15) is 13.8 Å². The first kappa shape index (κ1) is 17.0. The van der Waals surface area contributed by atoms with E-state index in [2.05, 4.69) is 4.74 Å². The zero-order chi connectivity index (χ0) is 16.9. The summed E-state index contributed by atoms with van der Waals surface area (Å²) >= 11 is 0. The molecule has 2 heterocycles. The Morgan fingerprint density at radius 2 is 2.00 bits per heavy atom. The SMILES string of the molecule is CC1(C)OC2C(=O)OC(COC(=O)C(F)(F)S(=O)(=O)[O-])C2O1. The highest BCUT2D eigenvalue weighted by Crippen LogP contribution is 2.36. The van der Waals surface area contributed by atoms with Crippen LogP contribution in [0.5, 0.6) is 0 Å². The molecule has 0 saturated carbocycles. The summed E-state index contributed by atoms with van der Waals surface area (Å²) in [5.74, 6) is -4.51. The minimum absolute atomic E-state index is 0.833. The van der Waals surface area contributed by atoms with Gasteiger partial charge in [-0.3, -0.25) is 0 Å². The first-order valence-electron chi connectivity index (χ1n) is 5.92. The number of halogens is 2. The zero-order valence-corrected chi connectivity index (χ0v) is 12.1. The van der Waals surface area contributed by atoms with Gasteiger partial charge in [-0.25, -0.2) is 18.0 Å². The topological polar surface area (TPSA) is 128 Å². The van der Waals surface area contributed by atoms with Gasteiger partial charge in [-0.1, -0.05) is 0 Å². The molecular formula is C10H11F2O9S-. The van der Waals surface area contributed by atoms with Gasteiger partial charge in [-0.05, 0) is 13.8 Å². The van der Waals surface area contributed by atoms with E-state index in [1.807, 2.05) is 0 Å². The Morgan fingerprint density at radius 1 is 1.41 bits per heavy atom. The van der Waals surface area contributed by atoms with E-state index in [9.17, 15) is 31.3 Å². The molecule has 0 aromatic carbocycles. The maximum Gasteiger partial charge on any atom is 0.428 e. The largest absolute Gasteiger partial charge is 0.743 e. The van der Waals surface area contributed by atoms with Gasteiger partial charge < -0.3 is 23.5 Å². The van der Waals surface area contributed by atoms with Crippen molar-refractivity contribution < 1.29 is 50.3 Å². The van der Waals surface area contributed by atoms with Crippen LogP contribution < -0.4 is 0 Å². The molecule has 0 aromatic rings. The first-order chi connectivity index (χ1) is 9.85. The lowest BCUT2D eigenvalue weighted by molar-refractivity contribution is -0.193. The molecule has 3 unspecified atom stereocenters. The second-order valence-electron chi connectivity index (χ2n) is 5.07. The van der Waals surface area contributed by atoms with Crippen molar-refractivity contribution in [1.82, 2.24) is 0 Å².